The first-order chi connectivity index (χ1) is 8.56. The molecule has 0 saturated heterocycles. The van der Waals surface area contributed by atoms with Crippen LogP contribution >= 0.6 is 0 Å². The van der Waals surface area contributed by atoms with Crippen molar-refractivity contribution < 1.29 is 14.7 Å². The van der Waals surface area contributed by atoms with E-state index >= 15 is 0 Å². The van der Waals surface area contributed by atoms with Crippen molar-refractivity contribution >= 4 is 11.9 Å². The van der Waals surface area contributed by atoms with Gasteiger partial charge in [-0.1, -0.05) is 43.7 Å². The van der Waals surface area contributed by atoms with E-state index in [2.05, 4.69) is 5.32 Å². The number of hydrogen-bond acceptors (Lipinski definition) is 3. The van der Waals surface area contributed by atoms with Gasteiger partial charge in [-0.2, -0.15) is 0 Å². The number of carbonyl (C=O) groups is 2. The standard InChI is InChI=1S/C13H18N2O3/c1-2-6-10(13(17)18)15-12(16)11(14)9-7-4-3-5-8-9/h3-5,7-8,10-11H,2,6,14H2,1H3,(H,15,16)(H,17,18)/t10-,11?/m1/s1. The van der Waals surface area contributed by atoms with E-state index in [0.29, 0.717) is 18.4 Å². The topological polar surface area (TPSA) is 92.4 Å². The maximum Gasteiger partial charge on any atom is 0.326 e. The molecule has 0 fully saturated rings. The van der Waals surface area contributed by atoms with E-state index in [9.17, 15) is 9.59 Å². The Labute approximate surface area is 106 Å². The summed E-state index contributed by atoms with van der Waals surface area (Å²) in [7, 11) is 0. The first-order valence-electron chi connectivity index (χ1n) is 5.90. The predicted octanol–water partition coefficient (Wildman–Crippen LogP) is 1.06. The van der Waals surface area contributed by atoms with Gasteiger partial charge in [0.05, 0.1) is 0 Å². The molecular weight excluding hydrogens is 232 g/mol. The molecule has 1 unspecified atom stereocenters. The molecule has 98 valence electrons. The van der Waals surface area contributed by atoms with Gasteiger partial charge in [-0.25, -0.2) is 4.79 Å². The van der Waals surface area contributed by atoms with Crippen LogP contribution < -0.4 is 11.1 Å². The van der Waals surface area contributed by atoms with Crippen molar-refractivity contribution in [3.05, 3.63) is 35.9 Å². The van der Waals surface area contributed by atoms with Gasteiger partial charge in [0.25, 0.3) is 0 Å². The highest BCUT2D eigenvalue weighted by atomic mass is 16.4. The van der Waals surface area contributed by atoms with Crippen molar-refractivity contribution in [3.8, 4) is 0 Å². The largest absolute Gasteiger partial charge is 0.480 e. The van der Waals surface area contributed by atoms with Gasteiger partial charge in [-0.15, -0.1) is 0 Å². The molecule has 4 N–H and O–H groups in total. The van der Waals surface area contributed by atoms with Crippen LogP contribution in [0.25, 0.3) is 0 Å². The lowest BCUT2D eigenvalue weighted by molar-refractivity contribution is -0.142. The molecule has 1 aromatic rings. The lowest BCUT2D eigenvalue weighted by Gasteiger charge is -2.17. The first-order valence-corrected chi connectivity index (χ1v) is 5.90. The number of hydrogen-bond donors (Lipinski definition) is 3. The average molecular weight is 250 g/mol. The van der Waals surface area contributed by atoms with Crippen LogP contribution in [-0.2, 0) is 9.59 Å². The first kappa shape index (κ1) is 14.2. The Bertz CT molecular complexity index is 406. The molecule has 0 bridgehead atoms. The zero-order valence-electron chi connectivity index (χ0n) is 10.3. The highest BCUT2D eigenvalue weighted by Gasteiger charge is 2.23. The van der Waals surface area contributed by atoms with E-state index in [1.807, 2.05) is 13.0 Å². The third-order valence-electron chi connectivity index (χ3n) is 2.63. The molecule has 1 amide bonds. The normalized spacial score (nSPS) is 13.7. The summed E-state index contributed by atoms with van der Waals surface area (Å²) in [5, 5.41) is 11.4. The van der Waals surface area contributed by atoms with E-state index in [1.165, 1.54) is 0 Å². The fourth-order valence-electron chi connectivity index (χ4n) is 1.62. The predicted molar refractivity (Wildman–Crippen MR) is 67.8 cm³/mol. The van der Waals surface area contributed by atoms with Crippen LogP contribution in [0.3, 0.4) is 0 Å². The molecule has 2 atom stereocenters. The van der Waals surface area contributed by atoms with Crippen molar-refractivity contribution in [2.45, 2.75) is 31.8 Å². The summed E-state index contributed by atoms with van der Waals surface area (Å²) in [4.78, 5) is 22.8. The van der Waals surface area contributed by atoms with Gasteiger partial charge < -0.3 is 16.2 Å². The van der Waals surface area contributed by atoms with Gasteiger partial charge in [-0.3, -0.25) is 4.79 Å². The molecule has 5 nitrogen and oxygen atoms in total. The number of aliphatic carboxylic acids is 1. The summed E-state index contributed by atoms with van der Waals surface area (Å²) < 4.78 is 0. The van der Waals surface area contributed by atoms with Crippen LogP contribution in [0.15, 0.2) is 30.3 Å². The number of carboxylic acid groups (broad SMARTS) is 1. The highest BCUT2D eigenvalue weighted by molar-refractivity contribution is 5.87. The molecule has 0 aliphatic carbocycles. The molecule has 0 spiro atoms. The fourth-order valence-corrected chi connectivity index (χ4v) is 1.62. The van der Waals surface area contributed by atoms with Crippen molar-refractivity contribution in [2.24, 2.45) is 5.73 Å². The lowest BCUT2D eigenvalue weighted by atomic mass is 10.1. The molecule has 0 heterocycles. The molecule has 0 aliphatic heterocycles. The van der Waals surface area contributed by atoms with Crippen LogP contribution in [0.4, 0.5) is 0 Å². The number of nitrogens with two attached hydrogens (primary N) is 1. The number of rotatable bonds is 6. The third-order valence-corrected chi connectivity index (χ3v) is 2.63. The summed E-state index contributed by atoms with van der Waals surface area (Å²) in [5.41, 5.74) is 6.44. The van der Waals surface area contributed by atoms with Crippen LogP contribution in [-0.4, -0.2) is 23.0 Å². The Morgan fingerprint density at radius 3 is 2.44 bits per heavy atom. The van der Waals surface area contributed by atoms with E-state index in [4.69, 9.17) is 10.8 Å². The van der Waals surface area contributed by atoms with Gasteiger partial charge in [0, 0.05) is 0 Å². The lowest BCUT2D eigenvalue weighted by Crippen LogP contribution is -2.44. The van der Waals surface area contributed by atoms with Crippen LogP contribution in [0, 0.1) is 0 Å². The maximum atomic E-state index is 11.8. The number of amides is 1. The minimum absolute atomic E-state index is 0.391. The van der Waals surface area contributed by atoms with Crippen molar-refractivity contribution in [1.29, 1.82) is 0 Å². The fraction of sp³-hybridized carbons (Fsp3) is 0.385. The molecule has 0 aliphatic rings. The van der Waals surface area contributed by atoms with E-state index < -0.39 is 24.0 Å². The van der Waals surface area contributed by atoms with E-state index in [1.54, 1.807) is 24.3 Å². The zero-order chi connectivity index (χ0) is 13.5. The van der Waals surface area contributed by atoms with Gasteiger partial charge in [0.2, 0.25) is 5.91 Å². The summed E-state index contributed by atoms with van der Waals surface area (Å²) in [5.74, 6) is -1.51. The smallest absolute Gasteiger partial charge is 0.326 e. The monoisotopic (exact) mass is 250 g/mol. The Kier molecular flexibility index (Phi) is 5.32. The Hall–Kier alpha value is -1.88. The summed E-state index contributed by atoms with van der Waals surface area (Å²) in [6.07, 6.45) is 1.07. The van der Waals surface area contributed by atoms with Gasteiger partial charge in [0.1, 0.15) is 12.1 Å². The third kappa shape index (κ3) is 3.85. The minimum Gasteiger partial charge on any atom is -0.480 e. The minimum atomic E-state index is -1.04. The summed E-state index contributed by atoms with van der Waals surface area (Å²) in [6.45, 7) is 1.86. The Morgan fingerprint density at radius 2 is 1.94 bits per heavy atom. The molecule has 0 aromatic heterocycles. The number of carboxylic acids is 1. The van der Waals surface area contributed by atoms with Crippen molar-refractivity contribution in [3.63, 3.8) is 0 Å². The second-order valence-corrected chi connectivity index (χ2v) is 4.08. The SMILES string of the molecule is CCC[C@@H](NC(=O)C(N)c1ccccc1)C(=O)O. The molecule has 1 aromatic carbocycles. The van der Waals surface area contributed by atoms with Crippen LogP contribution in [0.2, 0.25) is 0 Å². The number of nitrogens with one attached hydrogen (secondary N) is 1. The molecule has 0 saturated carbocycles. The Balaban J connectivity index is 2.67. The average Bonchev–Trinajstić information content (AvgIpc) is 2.38. The van der Waals surface area contributed by atoms with Crippen LogP contribution in [0.1, 0.15) is 31.4 Å². The highest BCUT2D eigenvalue weighted by Crippen LogP contribution is 2.10. The molecular formula is C13H18N2O3. The number of benzene rings is 1. The second kappa shape index (κ2) is 6.76. The van der Waals surface area contributed by atoms with Crippen molar-refractivity contribution in [2.75, 3.05) is 0 Å². The molecule has 0 radical (unpaired) electrons. The van der Waals surface area contributed by atoms with Gasteiger partial charge in [-0.05, 0) is 12.0 Å². The van der Waals surface area contributed by atoms with Gasteiger partial charge in [0.15, 0.2) is 0 Å². The van der Waals surface area contributed by atoms with E-state index in [-0.39, 0.29) is 0 Å². The second-order valence-electron chi connectivity index (χ2n) is 4.08. The molecule has 5 heteroatoms. The molecule has 18 heavy (non-hydrogen) atoms. The summed E-state index contributed by atoms with van der Waals surface area (Å²) in [6, 6.07) is 7.14. The summed E-state index contributed by atoms with van der Waals surface area (Å²) >= 11 is 0. The van der Waals surface area contributed by atoms with E-state index in [0.717, 1.165) is 0 Å². The number of carbonyl (C=O) groups excluding carboxylic acids is 1. The van der Waals surface area contributed by atoms with Crippen LogP contribution in [0.5, 0.6) is 0 Å². The van der Waals surface area contributed by atoms with Crippen molar-refractivity contribution in [1.82, 2.24) is 5.32 Å². The Morgan fingerprint density at radius 1 is 1.33 bits per heavy atom. The quantitative estimate of drug-likeness (QED) is 0.703. The zero-order valence-corrected chi connectivity index (χ0v) is 10.3. The van der Waals surface area contributed by atoms with Gasteiger partial charge >= 0.3 is 5.97 Å². The maximum absolute atomic E-state index is 11.8. The molecule has 1 rings (SSSR count).